The lowest BCUT2D eigenvalue weighted by molar-refractivity contribution is -0.143. The van der Waals surface area contributed by atoms with Gasteiger partial charge in [0, 0.05) is 32.1 Å². The van der Waals surface area contributed by atoms with Crippen LogP contribution in [-0.2, 0) is 28.3 Å². The predicted molar refractivity (Wildman–Crippen MR) is 133 cm³/mol. The molecule has 0 radical (unpaired) electrons. The Kier molecular flexibility index (Phi) is 8.81. The van der Waals surface area contributed by atoms with Crippen LogP contribution in [-0.4, -0.2) is 53.6 Å². The number of amides is 2. The quantitative estimate of drug-likeness (QED) is 0.370. The fraction of sp³-hybridized carbons (Fsp3) is 0.500. The van der Waals surface area contributed by atoms with Crippen LogP contribution in [0, 0.1) is 12.7 Å². The highest BCUT2D eigenvalue weighted by Crippen LogP contribution is 2.37. The summed E-state index contributed by atoms with van der Waals surface area (Å²) in [5.41, 5.74) is -2.98. The van der Waals surface area contributed by atoms with Crippen LogP contribution in [0.5, 0.6) is 0 Å². The maximum atomic E-state index is 13.9. The van der Waals surface area contributed by atoms with Crippen LogP contribution in [0.4, 0.5) is 35.5 Å². The topological polar surface area (TPSA) is 49.9 Å². The van der Waals surface area contributed by atoms with Crippen LogP contribution in [0.15, 0.2) is 36.4 Å². The summed E-state index contributed by atoms with van der Waals surface area (Å²) < 4.78 is 99.1. The van der Waals surface area contributed by atoms with Gasteiger partial charge in [-0.15, -0.1) is 0 Å². The molecule has 5 nitrogen and oxygen atoms in total. The number of piperidine rings is 1. The number of hydrogen-bond donors (Lipinski definition) is 0. The van der Waals surface area contributed by atoms with E-state index in [4.69, 9.17) is 4.74 Å². The summed E-state index contributed by atoms with van der Waals surface area (Å²) in [6.45, 7) is 7.10. The highest BCUT2D eigenvalue weighted by molar-refractivity contribution is 5.79. The molecule has 12 heteroatoms. The normalized spacial score (nSPS) is 18.4. The third kappa shape index (κ3) is 7.66. The standard InChI is InChI=1S/C28H31F7N2O3/c1-16-10-20(29)6-7-21(16)22-15-37(25(39)40-26(2,3)4)9-8-23(22)36(5)24(38)13-17-11-18(27(30,31)32)14-19(12-17)28(33,34)35/h6-7,10-12,14,22-23H,8-9,13,15H2,1-5H3. The molecule has 1 aliphatic heterocycles. The smallest absolute Gasteiger partial charge is 0.416 e. The molecule has 3 rings (SSSR count). The van der Waals surface area contributed by atoms with E-state index in [-0.39, 0.29) is 25.6 Å². The lowest BCUT2D eigenvalue weighted by Gasteiger charge is -2.43. The van der Waals surface area contributed by atoms with Crippen molar-refractivity contribution >= 4 is 12.0 Å². The van der Waals surface area contributed by atoms with Crippen LogP contribution in [0.3, 0.4) is 0 Å². The lowest BCUT2D eigenvalue weighted by atomic mass is 9.83. The molecule has 1 aliphatic rings. The zero-order valence-corrected chi connectivity index (χ0v) is 22.7. The zero-order valence-electron chi connectivity index (χ0n) is 22.7. The number of nitrogens with zero attached hydrogens (tertiary/aromatic N) is 2. The van der Waals surface area contributed by atoms with E-state index in [1.807, 2.05) is 0 Å². The Bertz CT molecular complexity index is 1220. The molecule has 0 aliphatic carbocycles. The monoisotopic (exact) mass is 576 g/mol. The van der Waals surface area contributed by atoms with E-state index in [1.165, 1.54) is 29.0 Å². The minimum Gasteiger partial charge on any atom is -0.444 e. The van der Waals surface area contributed by atoms with Gasteiger partial charge in [-0.1, -0.05) is 6.07 Å². The minimum atomic E-state index is -5.04. The Hall–Kier alpha value is -3.31. The Morgan fingerprint density at radius 1 is 0.975 bits per heavy atom. The fourth-order valence-corrected chi connectivity index (χ4v) is 4.86. The van der Waals surface area contributed by atoms with E-state index in [2.05, 4.69) is 0 Å². The molecule has 0 aromatic heterocycles. The summed E-state index contributed by atoms with van der Waals surface area (Å²) in [7, 11) is 1.42. The SMILES string of the molecule is Cc1cc(F)ccc1C1CN(C(=O)OC(C)(C)C)CCC1N(C)C(=O)Cc1cc(C(F)(F)F)cc(C(F)(F)F)c1. The number of aryl methyl sites for hydroxylation is 1. The Morgan fingerprint density at radius 3 is 2.05 bits per heavy atom. The third-order valence-electron chi connectivity index (χ3n) is 6.75. The van der Waals surface area contributed by atoms with Crippen LogP contribution >= 0.6 is 0 Å². The van der Waals surface area contributed by atoms with Crippen LogP contribution in [0.25, 0.3) is 0 Å². The molecule has 2 unspecified atom stereocenters. The second-order valence-electron chi connectivity index (χ2n) is 11.0. The van der Waals surface area contributed by atoms with E-state index >= 15 is 0 Å². The van der Waals surface area contributed by atoms with Gasteiger partial charge in [-0.05, 0) is 81.1 Å². The van der Waals surface area contributed by atoms with Crippen molar-refractivity contribution in [3.05, 3.63) is 70.0 Å². The average Bonchev–Trinajstić information content (AvgIpc) is 2.81. The lowest BCUT2D eigenvalue weighted by Crippen LogP contribution is -2.53. The first-order valence-electron chi connectivity index (χ1n) is 12.5. The second kappa shape index (κ2) is 11.3. The van der Waals surface area contributed by atoms with Gasteiger partial charge in [0.25, 0.3) is 0 Å². The average molecular weight is 577 g/mol. The molecule has 2 aromatic rings. The molecular formula is C28H31F7N2O3. The van der Waals surface area contributed by atoms with E-state index in [0.717, 1.165) is 0 Å². The molecule has 2 amide bonds. The molecule has 2 atom stereocenters. The van der Waals surface area contributed by atoms with Gasteiger partial charge in [0.2, 0.25) is 5.91 Å². The number of likely N-dealkylation sites (tertiary alicyclic amines) is 1. The number of carbonyl (C=O) groups excluding carboxylic acids is 2. The largest absolute Gasteiger partial charge is 0.444 e. The van der Waals surface area contributed by atoms with Crippen molar-refractivity contribution in [1.29, 1.82) is 0 Å². The number of halogens is 7. The van der Waals surface area contributed by atoms with E-state index in [0.29, 0.717) is 23.3 Å². The molecule has 220 valence electrons. The van der Waals surface area contributed by atoms with E-state index in [1.54, 1.807) is 33.8 Å². The first kappa shape index (κ1) is 31.2. The van der Waals surface area contributed by atoms with Crippen molar-refractivity contribution in [1.82, 2.24) is 9.80 Å². The molecule has 0 bridgehead atoms. The van der Waals surface area contributed by atoms with Crippen molar-refractivity contribution in [2.75, 3.05) is 20.1 Å². The first-order chi connectivity index (χ1) is 18.3. The Morgan fingerprint density at radius 2 is 1.55 bits per heavy atom. The summed E-state index contributed by atoms with van der Waals surface area (Å²) in [5, 5.41) is 0. The van der Waals surface area contributed by atoms with Crippen LogP contribution in [0.2, 0.25) is 0 Å². The summed E-state index contributed by atoms with van der Waals surface area (Å²) >= 11 is 0. The van der Waals surface area contributed by atoms with Gasteiger partial charge in [0.15, 0.2) is 0 Å². The van der Waals surface area contributed by atoms with Gasteiger partial charge in [-0.3, -0.25) is 4.79 Å². The predicted octanol–water partition coefficient (Wildman–Crippen LogP) is 6.97. The summed E-state index contributed by atoms with van der Waals surface area (Å²) in [6.07, 6.45) is -11.1. The first-order valence-corrected chi connectivity index (χ1v) is 12.5. The Balaban J connectivity index is 1.92. The van der Waals surface area contributed by atoms with Gasteiger partial charge in [0.1, 0.15) is 11.4 Å². The number of carbonyl (C=O) groups is 2. The van der Waals surface area contributed by atoms with Gasteiger partial charge in [-0.2, -0.15) is 26.3 Å². The molecule has 1 fully saturated rings. The maximum Gasteiger partial charge on any atom is 0.416 e. The molecule has 0 N–H and O–H groups in total. The number of ether oxygens (including phenoxy) is 1. The summed E-state index contributed by atoms with van der Waals surface area (Å²) in [6, 6.07) is 4.60. The van der Waals surface area contributed by atoms with Crippen LogP contribution in [0.1, 0.15) is 60.9 Å². The highest BCUT2D eigenvalue weighted by atomic mass is 19.4. The van der Waals surface area contributed by atoms with Crippen molar-refractivity contribution in [3.63, 3.8) is 0 Å². The van der Waals surface area contributed by atoms with Gasteiger partial charge >= 0.3 is 18.4 Å². The summed E-state index contributed by atoms with van der Waals surface area (Å²) in [4.78, 5) is 28.8. The van der Waals surface area contributed by atoms with Crippen molar-refractivity contribution < 1.29 is 45.1 Å². The van der Waals surface area contributed by atoms with Crippen molar-refractivity contribution in [2.45, 2.75) is 70.4 Å². The molecular weight excluding hydrogens is 545 g/mol. The molecule has 1 saturated heterocycles. The molecule has 0 spiro atoms. The van der Waals surface area contributed by atoms with Gasteiger partial charge in [0.05, 0.1) is 17.5 Å². The maximum absolute atomic E-state index is 13.9. The number of benzene rings is 2. The second-order valence-corrected chi connectivity index (χ2v) is 11.0. The molecule has 2 aromatic carbocycles. The number of likely N-dealkylation sites (N-methyl/N-ethyl adjacent to an activating group) is 1. The van der Waals surface area contributed by atoms with Crippen molar-refractivity contribution in [3.8, 4) is 0 Å². The third-order valence-corrected chi connectivity index (χ3v) is 6.75. The zero-order chi connectivity index (χ0) is 30.2. The number of hydrogen-bond acceptors (Lipinski definition) is 3. The summed E-state index contributed by atoms with van der Waals surface area (Å²) in [5.74, 6) is -1.71. The van der Waals surface area contributed by atoms with E-state index < -0.39 is 70.8 Å². The fourth-order valence-electron chi connectivity index (χ4n) is 4.86. The molecule has 1 heterocycles. The number of rotatable bonds is 4. The number of alkyl halides is 6. The van der Waals surface area contributed by atoms with Gasteiger partial charge < -0.3 is 14.5 Å². The van der Waals surface area contributed by atoms with Crippen LogP contribution < -0.4 is 0 Å². The van der Waals surface area contributed by atoms with Gasteiger partial charge in [-0.25, -0.2) is 9.18 Å². The highest BCUT2D eigenvalue weighted by Gasteiger charge is 2.40. The minimum absolute atomic E-state index is 0.0113. The molecule has 40 heavy (non-hydrogen) atoms. The Labute approximate surface area is 227 Å². The molecule has 0 saturated carbocycles. The van der Waals surface area contributed by atoms with Crippen molar-refractivity contribution in [2.24, 2.45) is 0 Å². The van der Waals surface area contributed by atoms with E-state index in [9.17, 15) is 40.3 Å².